The quantitative estimate of drug-likeness (QED) is 0.759. The van der Waals surface area contributed by atoms with Gasteiger partial charge in [-0.15, -0.1) is 0 Å². The zero-order valence-electron chi connectivity index (χ0n) is 15.2. The fourth-order valence-electron chi connectivity index (χ4n) is 2.91. The molecule has 2 N–H and O–H groups in total. The number of rotatable bonds is 8. The molecule has 0 radical (unpaired) electrons. The van der Waals surface area contributed by atoms with Crippen LogP contribution in [0.2, 0.25) is 0 Å². The van der Waals surface area contributed by atoms with Gasteiger partial charge in [0.1, 0.15) is 0 Å². The number of carbonyl (C=O) groups excluding carboxylic acids is 2. The molecular formula is C19H29N3O3. The molecule has 0 bridgehead atoms. The van der Waals surface area contributed by atoms with Gasteiger partial charge in [0, 0.05) is 44.4 Å². The van der Waals surface area contributed by atoms with Crippen molar-refractivity contribution in [2.45, 2.75) is 45.1 Å². The lowest BCUT2D eigenvalue weighted by molar-refractivity contribution is -0.116. The summed E-state index contributed by atoms with van der Waals surface area (Å²) in [6.45, 7) is 3.99. The van der Waals surface area contributed by atoms with Crippen molar-refractivity contribution < 1.29 is 14.3 Å². The van der Waals surface area contributed by atoms with Gasteiger partial charge in [-0.05, 0) is 50.9 Å². The number of carbonyl (C=O) groups is 2. The third kappa shape index (κ3) is 7.67. The minimum absolute atomic E-state index is 0.0271. The topological polar surface area (TPSA) is 70.7 Å². The van der Waals surface area contributed by atoms with Crippen molar-refractivity contribution in [3.8, 4) is 0 Å². The Kier molecular flexibility index (Phi) is 7.88. The zero-order valence-corrected chi connectivity index (χ0v) is 15.2. The average molecular weight is 347 g/mol. The molecule has 2 rings (SSSR count). The van der Waals surface area contributed by atoms with E-state index in [-0.39, 0.29) is 11.8 Å². The van der Waals surface area contributed by atoms with Crippen LogP contribution in [-0.2, 0) is 14.3 Å². The van der Waals surface area contributed by atoms with Gasteiger partial charge >= 0.3 is 0 Å². The van der Waals surface area contributed by atoms with Crippen LogP contribution >= 0.6 is 0 Å². The Morgan fingerprint density at radius 2 is 1.96 bits per heavy atom. The van der Waals surface area contributed by atoms with E-state index in [1.165, 1.54) is 19.8 Å². The van der Waals surface area contributed by atoms with Crippen molar-refractivity contribution in [3.63, 3.8) is 0 Å². The Hall–Kier alpha value is -1.92. The maximum atomic E-state index is 12.1. The molecule has 1 atom stereocenters. The molecule has 0 saturated carbocycles. The lowest BCUT2D eigenvalue weighted by atomic mass is 10.1. The first kappa shape index (κ1) is 19.4. The molecule has 0 unspecified atom stereocenters. The Morgan fingerprint density at radius 1 is 1.20 bits per heavy atom. The molecule has 2 amide bonds. The van der Waals surface area contributed by atoms with Crippen LogP contribution < -0.4 is 10.6 Å². The Balaban J connectivity index is 1.68. The molecular weight excluding hydrogens is 318 g/mol. The van der Waals surface area contributed by atoms with E-state index < -0.39 is 0 Å². The van der Waals surface area contributed by atoms with Gasteiger partial charge in [-0.1, -0.05) is 6.07 Å². The van der Waals surface area contributed by atoms with Crippen LogP contribution in [0.25, 0.3) is 0 Å². The standard InChI is InChI=1S/C19H29N3O3/c1-15(23)20-16-6-5-7-17(14-16)21-19(24)10-12-22(2)11-9-18-8-3-4-13-25-18/h5-7,14,18H,3-4,8-13H2,1-2H3,(H,20,23)(H,21,24)/t18-/m1/s1. The van der Waals surface area contributed by atoms with Gasteiger partial charge in [0.25, 0.3) is 0 Å². The maximum Gasteiger partial charge on any atom is 0.225 e. The molecule has 0 spiro atoms. The molecule has 1 aliphatic rings. The van der Waals surface area contributed by atoms with Crippen LogP contribution in [0.5, 0.6) is 0 Å². The first-order chi connectivity index (χ1) is 12.0. The van der Waals surface area contributed by atoms with Crippen LogP contribution in [0, 0.1) is 0 Å². The zero-order chi connectivity index (χ0) is 18.1. The molecule has 25 heavy (non-hydrogen) atoms. The molecule has 1 heterocycles. The molecule has 0 aliphatic carbocycles. The van der Waals surface area contributed by atoms with Crippen molar-refractivity contribution in [1.82, 2.24) is 4.90 Å². The summed E-state index contributed by atoms with van der Waals surface area (Å²) in [4.78, 5) is 25.4. The fraction of sp³-hybridized carbons (Fsp3) is 0.579. The molecule has 1 aromatic rings. The summed E-state index contributed by atoms with van der Waals surface area (Å²) in [7, 11) is 2.04. The van der Waals surface area contributed by atoms with Crippen LogP contribution in [0.15, 0.2) is 24.3 Å². The Morgan fingerprint density at radius 3 is 2.64 bits per heavy atom. The predicted molar refractivity (Wildman–Crippen MR) is 99.7 cm³/mol. The summed E-state index contributed by atoms with van der Waals surface area (Å²) in [5.41, 5.74) is 1.37. The summed E-state index contributed by atoms with van der Waals surface area (Å²) < 4.78 is 5.74. The molecule has 6 nitrogen and oxygen atoms in total. The van der Waals surface area contributed by atoms with Crippen LogP contribution in [-0.4, -0.2) is 49.6 Å². The molecule has 1 saturated heterocycles. The van der Waals surface area contributed by atoms with Crippen molar-refractivity contribution >= 4 is 23.2 Å². The van der Waals surface area contributed by atoms with Gasteiger partial charge in [-0.3, -0.25) is 9.59 Å². The highest BCUT2D eigenvalue weighted by atomic mass is 16.5. The van der Waals surface area contributed by atoms with E-state index in [0.29, 0.717) is 30.4 Å². The smallest absolute Gasteiger partial charge is 0.225 e. The van der Waals surface area contributed by atoms with E-state index in [0.717, 1.165) is 26.0 Å². The van der Waals surface area contributed by atoms with Gasteiger partial charge in [-0.2, -0.15) is 0 Å². The van der Waals surface area contributed by atoms with Crippen molar-refractivity contribution in [1.29, 1.82) is 0 Å². The van der Waals surface area contributed by atoms with Gasteiger partial charge in [0.15, 0.2) is 0 Å². The van der Waals surface area contributed by atoms with Gasteiger partial charge in [0.05, 0.1) is 6.10 Å². The predicted octanol–water partition coefficient (Wildman–Crippen LogP) is 2.86. The number of nitrogens with one attached hydrogen (secondary N) is 2. The number of anilines is 2. The Labute approximate surface area is 149 Å². The van der Waals surface area contributed by atoms with Gasteiger partial charge < -0.3 is 20.3 Å². The summed E-state index contributed by atoms with van der Waals surface area (Å²) in [6.07, 6.45) is 5.42. The van der Waals surface area contributed by atoms with E-state index in [2.05, 4.69) is 15.5 Å². The van der Waals surface area contributed by atoms with E-state index in [9.17, 15) is 9.59 Å². The number of benzene rings is 1. The van der Waals surface area contributed by atoms with Gasteiger partial charge in [0.2, 0.25) is 11.8 Å². The van der Waals surface area contributed by atoms with E-state index in [4.69, 9.17) is 4.74 Å². The molecule has 1 aromatic carbocycles. The second kappa shape index (κ2) is 10.2. The molecule has 1 fully saturated rings. The SMILES string of the molecule is CC(=O)Nc1cccc(NC(=O)CCN(C)CC[C@H]2CCCCO2)c1. The first-order valence-electron chi connectivity index (χ1n) is 9.00. The molecule has 1 aliphatic heterocycles. The van der Waals surface area contributed by atoms with E-state index in [1.807, 2.05) is 13.1 Å². The molecule has 138 valence electrons. The molecule has 0 aromatic heterocycles. The van der Waals surface area contributed by atoms with Crippen molar-refractivity contribution in [2.75, 3.05) is 37.4 Å². The maximum absolute atomic E-state index is 12.1. The minimum atomic E-state index is -0.132. The highest BCUT2D eigenvalue weighted by molar-refractivity contribution is 5.93. The lowest BCUT2D eigenvalue weighted by Gasteiger charge is -2.25. The lowest BCUT2D eigenvalue weighted by Crippen LogP contribution is -2.29. The fourth-order valence-corrected chi connectivity index (χ4v) is 2.91. The van der Waals surface area contributed by atoms with Gasteiger partial charge in [-0.25, -0.2) is 0 Å². The summed E-state index contributed by atoms with van der Waals surface area (Å²) in [5.74, 6) is -0.159. The largest absolute Gasteiger partial charge is 0.378 e. The second-order valence-corrected chi connectivity index (χ2v) is 6.64. The van der Waals surface area contributed by atoms with Crippen LogP contribution in [0.1, 0.15) is 39.0 Å². The highest BCUT2D eigenvalue weighted by Crippen LogP contribution is 2.16. The normalized spacial score (nSPS) is 17.3. The van der Waals surface area contributed by atoms with E-state index >= 15 is 0 Å². The number of hydrogen-bond donors (Lipinski definition) is 2. The first-order valence-corrected chi connectivity index (χ1v) is 9.00. The summed E-state index contributed by atoms with van der Waals surface area (Å²) in [6, 6.07) is 7.16. The summed E-state index contributed by atoms with van der Waals surface area (Å²) in [5, 5.41) is 5.58. The highest BCUT2D eigenvalue weighted by Gasteiger charge is 2.14. The summed E-state index contributed by atoms with van der Waals surface area (Å²) >= 11 is 0. The number of hydrogen-bond acceptors (Lipinski definition) is 4. The van der Waals surface area contributed by atoms with Crippen LogP contribution in [0.3, 0.4) is 0 Å². The number of ether oxygens (including phenoxy) is 1. The van der Waals surface area contributed by atoms with Crippen LogP contribution in [0.4, 0.5) is 11.4 Å². The number of nitrogens with zero attached hydrogens (tertiary/aromatic N) is 1. The number of amides is 2. The average Bonchev–Trinajstić information content (AvgIpc) is 2.59. The third-order valence-corrected chi connectivity index (χ3v) is 4.29. The van der Waals surface area contributed by atoms with Crippen molar-refractivity contribution in [2.24, 2.45) is 0 Å². The van der Waals surface area contributed by atoms with E-state index in [1.54, 1.807) is 18.2 Å². The molecule has 6 heteroatoms. The Bertz CT molecular complexity index is 571. The monoisotopic (exact) mass is 347 g/mol. The minimum Gasteiger partial charge on any atom is -0.378 e. The third-order valence-electron chi connectivity index (χ3n) is 4.29. The second-order valence-electron chi connectivity index (χ2n) is 6.64. The van der Waals surface area contributed by atoms with Crippen molar-refractivity contribution in [3.05, 3.63) is 24.3 Å².